The molecule has 2 rings (SSSR count). The van der Waals surface area contributed by atoms with Gasteiger partial charge in [-0.15, -0.1) is 0 Å². The maximum Gasteiger partial charge on any atom is 0.417 e. The second-order valence-electron chi connectivity index (χ2n) is 5.38. The number of hydrogen-bond acceptors (Lipinski definition) is 5. The topological polar surface area (TPSA) is 57.7 Å². The Labute approximate surface area is 163 Å². The first-order valence-corrected chi connectivity index (χ1v) is 10.6. The fraction of sp³-hybridized carbons (Fsp3) is 0.353. The van der Waals surface area contributed by atoms with Gasteiger partial charge >= 0.3 is 13.8 Å². The Morgan fingerprint density at radius 3 is 2.30 bits per heavy atom. The zero-order valence-corrected chi connectivity index (χ0v) is 17.1. The number of benzene rings is 1. The van der Waals surface area contributed by atoms with Gasteiger partial charge < -0.3 is 13.8 Å². The Balaban J connectivity index is 2.20. The average Bonchev–Trinajstić information content (AvgIpc) is 2.54. The lowest BCUT2D eigenvalue weighted by Gasteiger charge is -2.17. The van der Waals surface area contributed by atoms with Crippen LogP contribution in [0.5, 0.6) is 11.6 Å². The van der Waals surface area contributed by atoms with Crippen LogP contribution in [0.25, 0.3) is 0 Å². The predicted octanol–water partition coefficient (Wildman–Crippen LogP) is 6.42. The minimum absolute atomic E-state index is 0.00449. The first-order chi connectivity index (χ1) is 12.6. The van der Waals surface area contributed by atoms with E-state index in [1.165, 1.54) is 0 Å². The van der Waals surface area contributed by atoms with Gasteiger partial charge in [-0.25, -0.2) is 4.98 Å². The summed E-state index contributed by atoms with van der Waals surface area (Å²) in [5.74, 6) is 0.330. The number of hydrogen-bond donors (Lipinski definition) is 0. The molecule has 0 N–H and O–H groups in total. The van der Waals surface area contributed by atoms with E-state index in [0.717, 1.165) is 12.1 Å². The Hall–Kier alpha value is -1.41. The van der Waals surface area contributed by atoms with Gasteiger partial charge in [0.15, 0.2) is 0 Å². The third kappa shape index (κ3) is 6.60. The standard InChI is InChI=1S/C17H18BrF3NO4P/c1-3-24-27(23,25-4-2)11-12-7-14(18)9-15(8-12)26-16-6-5-13(10-22-16)17(19,20)21/h5-10H,3-4,11H2,1-2H3. The fourth-order valence-corrected chi connectivity index (χ4v) is 4.44. The second-order valence-corrected chi connectivity index (χ2v) is 8.35. The summed E-state index contributed by atoms with van der Waals surface area (Å²) in [5, 5.41) is 0. The summed E-state index contributed by atoms with van der Waals surface area (Å²) >= 11 is 3.33. The van der Waals surface area contributed by atoms with E-state index in [-0.39, 0.29) is 25.3 Å². The van der Waals surface area contributed by atoms with Crippen LogP contribution in [0.3, 0.4) is 0 Å². The summed E-state index contributed by atoms with van der Waals surface area (Å²) in [5.41, 5.74) is -0.240. The molecule has 27 heavy (non-hydrogen) atoms. The van der Waals surface area contributed by atoms with Crippen molar-refractivity contribution in [3.8, 4) is 11.6 Å². The number of rotatable bonds is 8. The van der Waals surface area contributed by atoms with Crippen LogP contribution < -0.4 is 4.74 Å². The van der Waals surface area contributed by atoms with Crippen LogP contribution in [-0.2, 0) is 26.0 Å². The largest absolute Gasteiger partial charge is 0.439 e. The number of nitrogens with zero attached hydrogens (tertiary/aromatic N) is 1. The first kappa shape index (κ1) is 21.9. The molecule has 0 saturated carbocycles. The van der Waals surface area contributed by atoms with Crippen LogP contribution in [0.1, 0.15) is 25.0 Å². The minimum Gasteiger partial charge on any atom is -0.439 e. The van der Waals surface area contributed by atoms with Gasteiger partial charge in [-0.3, -0.25) is 4.57 Å². The number of halogens is 4. The van der Waals surface area contributed by atoms with Crippen molar-refractivity contribution < 1.29 is 31.5 Å². The van der Waals surface area contributed by atoms with Crippen LogP contribution in [0.4, 0.5) is 13.2 Å². The Morgan fingerprint density at radius 2 is 1.78 bits per heavy atom. The summed E-state index contributed by atoms with van der Waals surface area (Å²) in [6.45, 7) is 3.92. The highest BCUT2D eigenvalue weighted by molar-refractivity contribution is 9.10. The molecule has 0 aliphatic carbocycles. The molecule has 5 nitrogen and oxygen atoms in total. The molecule has 0 fully saturated rings. The smallest absolute Gasteiger partial charge is 0.417 e. The number of aromatic nitrogens is 1. The van der Waals surface area contributed by atoms with E-state index < -0.39 is 19.3 Å². The molecule has 0 aliphatic heterocycles. The number of pyridine rings is 1. The molecule has 1 aromatic heterocycles. The van der Waals surface area contributed by atoms with E-state index in [4.69, 9.17) is 13.8 Å². The molecule has 0 radical (unpaired) electrons. The lowest BCUT2D eigenvalue weighted by atomic mass is 10.2. The van der Waals surface area contributed by atoms with Crippen molar-refractivity contribution in [2.75, 3.05) is 13.2 Å². The van der Waals surface area contributed by atoms with Gasteiger partial charge in [0, 0.05) is 16.7 Å². The van der Waals surface area contributed by atoms with E-state index in [1.807, 2.05) is 0 Å². The van der Waals surface area contributed by atoms with Crippen molar-refractivity contribution in [3.63, 3.8) is 0 Å². The molecule has 0 amide bonds. The number of alkyl halides is 3. The van der Waals surface area contributed by atoms with Crippen LogP contribution >= 0.6 is 23.5 Å². The highest BCUT2D eigenvalue weighted by Crippen LogP contribution is 2.51. The SMILES string of the molecule is CCOP(=O)(Cc1cc(Br)cc(Oc2ccc(C(F)(F)F)cn2)c1)OCC. The van der Waals surface area contributed by atoms with E-state index in [2.05, 4.69) is 20.9 Å². The quantitative estimate of drug-likeness (QED) is 0.419. The monoisotopic (exact) mass is 467 g/mol. The second kappa shape index (κ2) is 9.19. The third-order valence-electron chi connectivity index (χ3n) is 3.24. The zero-order valence-electron chi connectivity index (χ0n) is 14.6. The van der Waals surface area contributed by atoms with E-state index >= 15 is 0 Å². The lowest BCUT2D eigenvalue weighted by molar-refractivity contribution is -0.137. The van der Waals surface area contributed by atoms with Crippen molar-refractivity contribution in [1.29, 1.82) is 0 Å². The van der Waals surface area contributed by atoms with Crippen LogP contribution in [0, 0.1) is 0 Å². The molecule has 10 heteroatoms. The molecular weight excluding hydrogens is 450 g/mol. The van der Waals surface area contributed by atoms with Crippen LogP contribution in [-0.4, -0.2) is 18.2 Å². The Kier molecular flexibility index (Phi) is 7.45. The summed E-state index contributed by atoms with van der Waals surface area (Å²) in [4.78, 5) is 3.67. The van der Waals surface area contributed by atoms with Gasteiger partial charge in [0.1, 0.15) is 5.75 Å². The van der Waals surface area contributed by atoms with Gasteiger partial charge in [0.05, 0.1) is 24.9 Å². The molecular formula is C17H18BrF3NO4P. The van der Waals surface area contributed by atoms with Crippen molar-refractivity contribution in [3.05, 3.63) is 52.1 Å². The van der Waals surface area contributed by atoms with Crippen molar-refractivity contribution in [1.82, 2.24) is 4.98 Å². The third-order valence-corrected chi connectivity index (χ3v) is 5.76. The summed E-state index contributed by atoms with van der Waals surface area (Å²) in [6, 6.07) is 6.98. The fourth-order valence-electron chi connectivity index (χ4n) is 2.25. The summed E-state index contributed by atoms with van der Waals surface area (Å²) in [6.07, 6.45) is -3.73. The van der Waals surface area contributed by atoms with E-state index in [0.29, 0.717) is 22.0 Å². The summed E-state index contributed by atoms with van der Waals surface area (Å²) < 4.78 is 67.2. The summed E-state index contributed by atoms with van der Waals surface area (Å²) in [7, 11) is -3.31. The highest BCUT2D eigenvalue weighted by Gasteiger charge is 2.30. The first-order valence-electron chi connectivity index (χ1n) is 8.04. The molecule has 0 spiro atoms. The molecule has 148 valence electrons. The average molecular weight is 468 g/mol. The Bertz CT molecular complexity index is 805. The van der Waals surface area contributed by atoms with Crippen LogP contribution in [0.2, 0.25) is 0 Å². The highest BCUT2D eigenvalue weighted by atomic mass is 79.9. The molecule has 2 aromatic rings. The molecule has 0 bridgehead atoms. The van der Waals surface area contributed by atoms with Crippen molar-refractivity contribution in [2.24, 2.45) is 0 Å². The van der Waals surface area contributed by atoms with Gasteiger partial charge in [-0.05, 0) is 43.7 Å². The van der Waals surface area contributed by atoms with E-state index in [1.54, 1.807) is 32.0 Å². The van der Waals surface area contributed by atoms with Gasteiger partial charge in [0.2, 0.25) is 5.88 Å². The molecule has 0 unspecified atom stereocenters. The molecule has 0 aliphatic rings. The van der Waals surface area contributed by atoms with Crippen LogP contribution in [0.15, 0.2) is 41.0 Å². The van der Waals surface area contributed by atoms with Crippen molar-refractivity contribution >= 4 is 23.5 Å². The minimum atomic E-state index is -4.46. The number of ether oxygens (including phenoxy) is 1. The van der Waals surface area contributed by atoms with Gasteiger partial charge in [0.25, 0.3) is 0 Å². The molecule has 1 aromatic carbocycles. The maximum atomic E-state index is 12.7. The van der Waals surface area contributed by atoms with Gasteiger partial charge in [-0.2, -0.15) is 13.2 Å². The molecule has 0 saturated heterocycles. The molecule has 0 atom stereocenters. The predicted molar refractivity (Wildman–Crippen MR) is 98.0 cm³/mol. The Morgan fingerprint density at radius 1 is 1.11 bits per heavy atom. The normalized spacial score (nSPS) is 12.2. The molecule has 1 heterocycles. The zero-order chi connectivity index (χ0) is 20.1. The maximum absolute atomic E-state index is 12.7. The van der Waals surface area contributed by atoms with Gasteiger partial charge in [-0.1, -0.05) is 15.9 Å². The van der Waals surface area contributed by atoms with Crippen molar-refractivity contribution in [2.45, 2.75) is 26.2 Å². The van der Waals surface area contributed by atoms with E-state index in [9.17, 15) is 17.7 Å². The lowest BCUT2D eigenvalue weighted by Crippen LogP contribution is -2.05.